The van der Waals surface area contributed by atoms with Gasteiger partial charge in [-0.15, -0.1) is 0 Å². The van der Waals surface area contributed by atoms with Crippen molar-refractivity contribution in [2.24, 2.45) is 17.6 Å². The largest absolute Gasteiger partial charge is 0.345 e. The van der Waals surface area contributed by atoms with E-state index < -0.39 is 0 Å². The third-order valence-corrected chi connectivity index (χ3v) is 3.37. The summed E-state index contributed by atoms with van der Waals surface area (Å²) in [5.74, 6) is 0.929. The second-order valence-electron chi connectivity index (χ2n) is 4.97. The number of hydrogen-bond donors (Lipinski definition) is 1. The topological polar surface area (TPSA) is 46.3 Å². The maximum absolute atomic E-state index is 12.0. The van der Waals surface area contributed by atoms with Crippen LogP contribution in [0.4, 0.5) is 0 Å². The first-order chi connectivity index (χ1) is 7.43. The Hall–Kier alpha value is -0.570. The summed E-state index contributed by atoms with van der Waals surface area (Å²) in [5.41, 5.74) is 5.97. The standard InChI is InChI=1S/C13H28N2O/c1-6-11(7-2)13(16)15(5)9-8-12(14)10(3)4/h10-12H,6-9,14H2,1-5H3. The molecule has 0 bridgehead atoms. The summed E-state index contributed by atoms with van der Waals surface area (Å²) in [6, 6.07) is 0.192. The predicted octanol–water partition coefficient (Wildman–Crippen LogP) is 2.25. The second kappa shape index (κ2) is 7.66. The molecule has 0 heterocycles. The molecule has 1 atom stereocenters. The third-order valence-electron chi connectivity index (χ3n) is 3.37. The van der Waals surface area contributed by atoms with E-state index in [0.29, 0.717) is 5.92 Å². The van der Waals surface area contributed by atoms with Crippen molar-refractivity contribution in [3.05, 3.63) is 0 Å². The highest BCUT2D eigenvalue weighted by Gasteiger charge is 2.19. The minimum absolute atomic E-state index is 0.181. The van der Waals surface area contributed by atoms with Gasteiger partial charge in [-0.2, -0.15) is 0 Å². The van der Waals surface area contributed by atoms with Gasteiger partial charge >= 0.3 is 0 Å². The molecule has 0 fully saturated rings. The molecule has 0 aromatic carbocycles. The molecule has 0 aliphatic carbocycles. The van der Waals surface area contributed by atoms with Crippen LogP contribution in [-0.2, 0) is 4.79 Å². The van der Waals surface area contributed by atoms with Gasteiger partial charge in [-0.3, -0.25) is 4.79 Å². The monoisotopic (exact) mass is 228 g/mol. The van der Waals surface area contributed by atoms with E-state index in [4.69, 9.17) is 5.73 Å². The van der Waals surface area contributed by atoms with E-state index in [2.05, 4.69) is 27.7 Å². The number of carbonyl (C=O) groups is 1. The zero-order valence-electron chi connectivity index (χ0n) is 11.5. The van der Waals surface area contributed by atoms with Crippen LogP contribution in [0.2, 0.25) is 0 Å². The van der Waals surface area contributed by atoms with Crippen LogP contribution in [0.15, 0.2) is 0 Å². The highest BCUT2D eigenvalue weighted by Crippen LogP contribution is 2.12. The summed E-state index contributed by atoms with van der Waals surface area (Å²) in [6.45, 7) is 9.15. The summed E-state index contributed by atoms with van der Waals surface area (Å²) in [6.07, 6.45) is 2.74. The van der Waals surface area contributed by atoms with Crippen LogP contribution < -0.4 is 5.73 Å². The van der Waals surface area contributed by atoms with Gasteiger partial charge in [-0.1, -0.05) is 27.7 Å². The average molecular weight is 228 g/mol. The molecule has 0 radical (unpaired) electrons. The number of hydrogen-bond acceptors (Lipinski definition) is 2. The predicted molar refractivity (Wildman–Crippen MR) is 69.1 cm³/mol. The fraction of sp³-hybridized carbons (Fsp3) is 0.923. The minimum Gasteiger partial charge on any atom is -0.345 e. The van der Waals surface area contributed by atoms with E-state index in [9.17, 15) is 4.79 Å². The van der Waals surface area contributed by atoms with Gasteiger partial charge in [0.2, 0.25) is 5.91 Å². The van der Waals surface area contributed by atoms with Crippen LogP contribution in [0.25, 0.3) is 0 Å². The normalized spacial score (nSPS) is 13.2. The van der Waals surface area contributed by atoms with Crippen molar-refractivity contribution in [1.82, 2.24) is 4.90 Å². The van der Waals surface area contributed by atoms with Gasteiger partial charge in [0.05, 0.1) is 0 Å². The summed E-state index contributed by atoms with van der Waals surface area (Å²) in [4.78, 5) is 13.8. The van der Waals surface area contributed by atoms with Crippen LogP contribution in [-0.4, -0.2) is 30.4 Å². The average Bonchev–Trinajstić information content (AvgIpc) is 2.26. The number of carbonyl (C=O) groups excluding carboxylic acids is 1. The molecule has 3 heteroatoms. The van der Waals surface area contributed by atoms with Crippen molar-refractivity contribution in [1.29, 1.82) is 0 Å². The van der Waals surface area contributed by atoms with E-state index in [-0.39, 0.29) is 17.9 Å². The van der Waals surface area contributed by atoms with E-state index in [1.807, 2.05) is 11.9 Å². The number of nitrogens with two attached hydrogens (primary N) is 1. The highest BCUT2D eigenvalue weighted by molar-refractivity contribution is 5.78. The van der Waals surface area contributed by atoms with Crippen molar-refractivity contribution in [3.8, 4) is 0 Å². The van der Waals surface area contributed by atoms with E-state index >= 15 is 0 Å². The summed E-state index contributed by atoms with van der Waals surface area (Å²) in [5, 5.41) is 0. The first-order valence-electron chi connectivity index (χ1n) is 6.44. The molecule has 1 amide bonds. The first kappa shape index (κ1) is 15.4. The molecule has 1 unspecified atom stereocenters. The Morgan fingerprint density at radius 1 is 1.25 bits per heavy atom. The molecule has 2 N–H and O–H groups in total. The van der Waals surface area contributed by atoms with Crippen LogP contribution in [0.3, 0.4) is 0 Å². The molecule has 0 aliphatic rings. The van der Waals surface area contributed by atoms with Gasteiger partial charge in [-0.25, -0.2) is 0 Å². The molecule has 16 heavy (non-hydrogen) atoms. The maximum atomic E-state index is 12.0. The van der Waals surface area contributed by atoms with Crippen molar-refractivity contribution in [2.45, 2.75) is 53.0 Å². The quantitative estimate of drug-likeness (QED) is 0.726. The molecule has 3 nitrogen and oxygen atoms in total. The van der Waals surface area contributed by atoms with E-state index in [0.717, 1.165) is 25.8 Å². The summed E-state index contributed by atoms with van der Waals surface area (Å²) in [7, 11) is 1.88. The Balaban J connectivity index is 4.05. The molecule has 0 rings (SSSR count). The highest BCUT2D eigenvalue weighted by atomic mass is 16.2. The fourth-order valence-electron chi connectivity index (χ4n) is 1.74. The lowest BCUT2D eigenvalue weighted by Gasteiger charge is -2.24. The lowest BCUT2D eigenvalue weighted by molar-refractivity contribution is -0.134. The van der Waals surface area contributed by atoms with Gasteiger partial charge in [0.1, 0.15) is 0 Å². The molecule has 0 saturated carbocycles. The Kier molecular flexibility index (Phi) is 7.39. The Bertz CT molecular complexity index is 200. The minimum atomic E-state index is 0.181. The van der Waals surface area contributed by atoms with Gasteiger partial charge in [0.25, 0.3) is 0 Å². The first-order valence-corrected chi connectivity index (χ1v) is 6.44. The van der Waals surface area contributed by atoms with Crippen LogP contribution >= 0.6 is 0 Å². The third kappa shape index (κ3) is 4.97. The molecule has 0 spiro atoms. The number of nitrogens with zero attached hydrogens (tertiary/aromatic N) is 1. The zero-order valence-corrected chi connectivity index (χ0v) is 11.5. The fourth-order valence-corrected chi connectivity index (χ4v) is 1.74. The SMILES string of the molecule is CCC(CC)C(=O)N(C)CCC(N)C(C)C. The maximum Gasteiger partial charge on any atom is 0.225 e. The Morgan fingerprint density at radius 3 is 2.12 bits per heavy atom. The zero-order chi connectivity index (χ0) is 12.7. The molecular formula is C13H28N2O. The second-order valence-corrected chi connectivity index (χ2v) is 4.97. The van der Waals surface area contributed by atoms with Crippen molar-refractivity contribution in [2.75, 3.05) is 13.6 Å². The molecule has 96 valence electrons. The van der Waals surface area contributed by atoms with Gasteiger partial charge in [0, 0.05) is 25.6 Å². The molecule has 0 saturated heterocycles. The van der Waals surface area contributed by atoms with Gasteiger partial charge in [0.15, 0.2) is 0 Å². The molecular weight excluding hydrogens is 200 g/mol. The molecule has 0 aliphatic heterocycles. The number of rotatable bonds is 7. The van der Waals surface area contributed by atoms with Gasteiger partial charge in [-0.05, 0) is 25.2 Å². The molecule has 0 aromatic rings. The lowest BCUT2D eigenvalue weighted by Crippen LogP contribution is -2.37. The Labute approximate surface area is 100 Å². The van der Waals surface area contributed by atoms with Crippen LogP contribution in [0.1, 0.15) is 47.0 Å². The van der Waals surface area contributed by atoms with Crippen LogP contribution in [0, 0.1) is 11.8 Å². The van der Waals surface area contributed by atoms with Crippen molar-refractivity contribution in [3.63, 3.8) is 0 Å². The van der Waals surface area contributed by atoms with E-state index in [1.54, 1.807) is 0 Å². The molecule has 0 aromatic heterocycles. The summed E-state index contributed by atoms with van der Waals surface area (Å²) < 4.78 is 0. The van der Waals surface area contributed by atoms with Crippen LogP contribution in [0.5, 0.6) is 0 Å². The van der Waals surface area contributed by atoms with Gasteiger partial charge < -0.3 is 10.6 Å². The lowest BCUT2D eigenvalue weighted by atomic mass is 10.00. The van der Waals surface area contributed by atoms with E-state index in [1.165, 1.54) is 0 Å². The van der Waals surface area contributed by atoms with Crippen molar-refractivity contribution >= 4 is 5.91 Å². The Morgan fingerprint density at radius 2 is 1.75 bits per heavy atom. The smallest absolute Gasteiger partial charge is 0.225 e. The summed E-state index contributed by atoms with van der Waals surface area (Å²) >= 11 is 0. The number of amides is 1. The van der Waals surface area contributed by atoms with Crippen molar-refractivity contribution < 1.29 is 4.79 Å².